The van der Waals surface area contributed by atoms with Crippen LogP contribution in [0.25, 0.3) is 10.9 Å². The van der Waals surface area contributed by atoms with Crippen molar-refractivity contribution in [2.45, 2.75) is 12.6 Å². The van der Waals surface area contributed by atoms with Crippen LogP contribution in [0.4, 0.5) is 0 Å². The summed E-state index contributed by atoms with van der Waals surface area (Å²) < 4.78 is 1.23. The van der Waals surface area contributed by atoms with Crippen LogP contribution >= 0.6 is 11.6 Å². The van der Waals surface area contributed by atoms with E-state index < -0.39 is 6.10 Å². The summed E-state index contributed by atoms with van der Waals surface area (Å²) in [6, 6.07) is 10.3. The topological polar surface area (TPSA) is 68.0 Å². The quantitative estimate of drug-likeness (QED) is 0.805. The molecule has 0 aliphatic rings. The standard InChI is InChI=1S/C15H12ClN3O2/c16-11-4-1-3-10(7-11)14(20)9-19-15(21)12-5-2-6-17-13(12)8-18-19/h1-8,14,20H,9H2/t14-/m1/s1. The van der Waals surface area contributed by atoms with Crippen LogP contribution in [-0.4, -0.2) is 19.9 Å². The van der Waals surface area contributed by atoms with Crippen LogP contribution in [0, 0.1) is 0 Å². The third kappa shape index (κ3) is 2.79. The lowest BCUT2D eigenvalue weighted by molar-refractivity contribution is 0.149. The first-order valence-electron chi connectivity index (χ1n) is 6.39. The molecule has 0 unspecified atom stereocenters. The maximum absolute atomic E-state index is 12.3. The smallest absolute Gasteiger partial charge is 0.276 e. The van der Waals surface area contributed by atoms with Crippen LogP contribution in [0.5, 0.6) is 0 Å². The van der Waals surface area contributed by atoms with Crippen molar-refractivity contribution in [1.29, 1.82) is 0 Å². The summed E-state index contributed by atoms with van der Waals surface area (Å²) in [5.74, 6) is 0. The molecule has 106 valence electrons. The lowest BCUT2D eigenvalue weighted by Gasteiger charge is -2.12. The number of aliphatic hydroxyl groups excluding tert-OH is 1. The van der Waals surface area contributed by atoms with Crippen molar-refractivity contribution < 1.29 is 5.11 Å². The highest BCUT2D eigenvalue weighted by atomic mass is 35.5. The summed E-state index contributed by atoms with van der Waals surface area (Å²) >= 11 is 5.90. The number of rotatable bonds is 3. The van der Waals surface area contributed by atoms with Crippen molar-refractivity contribution in [1.82, 2.24) is 14.8 Å². The lowest BCUT2D eigenvalue weighted by Crippen LogP contribution is -2.25. The summed E-state index contributed by atoms with van der Waals surface area (Å²) in [6.07, 6.45) is 2.26. The fourth-order valence-electron chi connectivity index (χ4n) is 2.13. The molecule has 0 saturated heterocycles. The Morgan fingerprint density at radius 3 is 2.95 bits per heavy atom. The van der Waals surface area contributed by atoms with Gasteiger partial charge in [0.05, 0.1) is 29.7 Å². The third-order valence-corrected chi connectivity index (χ3v) is 3.44. The molecular weight excluding hydrogens is 290 g/mol. The Labute approximate surface area is 125 Å². The van der Waals surface area contributed by atoms with E-state index in [9.17, 15) is 9.90 Å². The van der Waals surface area contributed by atoms with Gasteiger partial charge < -0.3 is 5.11 Å². The average Bonchev–Trinajstić information content (AvgIpc) is 2.50. The van der Waals surface area contributed by atoms with E-state index in [0.717, 1.165) is 0 Å². The van der Waals surface area contributed by atoms with Crippen LogP contribution in [0.2, 0.25) is 5.02 Å². The van der Waals surface area contributed by atoms with Crippen LogP contribution in [0.1, 0.15) is 11.7 Å². The maximum Gasteiger partial charge on any atom is 0.276 e. The van der Waals surface area contributed by atoms with Crippen molar-refractivity contribution in [2.24, 2.45) is 0 Å². The molecule has 3 aromatic rings. The molecular formula is C15H12ClN3O2. The minimum atomic E-state index is -0.858. The number of aliphatic hydroxyl groups is 1. The summed E-state index contributed by atoms with van der Waals surface area (Å²) in [5, 5.41) is 15.3. The van der Waals surface area contributed by atoms with E-state index in [4.69, 9.17) is 11.6 Å². The minimum Gasteiger partial charge on any atom is -0.386 e. The van der Waals surface area contributed by atoms with Gasteiger partial charge in [-0.05, 0) is 29.8 Å². The van der Waals surface area contributed by atoms with Gasteiger partial charge in [0.25, 0.3) is 5.56 Å². The molecule has 0 aliphatic heterocycles. The van der Waals surface area contributed by atoms with Gasteiger partial charge in [0.1, 0.15) is 0 Å². The molecule has 3 rings (SSSR count). The van der Waals surface area contributed by atoms with E-state index in [1.54, 1.807) is 42.6 Å². The Morgan fingerprint density at radius 1 is 1.29 bits per heavy atom. The van der Waals surface area contributed by atoms with Crippen molar-refractivity contribution in [3.8, 4) is 0 Å². The number of halogens is 1. The van der Waals surface area contributed by atoms with E-state index in [0.29, 0.717) is 21.5 Å². The zero-order valence-electron chi connectivity index (χ0n) is 11.0. The Bertz CT molecular complexity index is 847. The molecule has 6 heteroatoms. The molecule has 5 nitrogen and oxygen atoms in total. The highest BCUT2D eigenvalue weighted by Gasteiger charge is 2.12. The van der Waals surface area contributed by atoms with Gasteiger partial charge in [0, 0.05) is 11.2 Å². The molecule has 2 aromatic heterocycles. The second kappa shape index (κ2) is 5.63. The molecule has 0 aliphatic carbocycles. The summed E-state index contributed by atoms with van der Waals surface area (Å²) in [7, 11) is 0. The molecule has 0 amide bonds. The number of benzene rings is 1. The lowest BCUT2D eigenvalue weighted by atomic mass is 10.1. The molecule has 1 N–H and O–H groups in total. The Kier molecular flexibility index (Phi) is 3.68. The van der Waals surface area contributed by atoms with Crippen LogP contribution in [0.15, 0.2) is 53.6 Å². The fraction of sp³-hybridized carbons (Fsp3) is 0.133. The van der Waals surface area contributed by atoms with Gasteiger partial charge >= 0.3 is 0 Å². The van der Waals surface area contributed by atoms with Gasteiger partial charge in [0.2, 0.25) is 0 Å². The Morgan fingerprint density at radius 2 is 2.14 bits per heavy atom. The van der Waals surface area contributed by atoms with Crippen molar-refractivity contribution in [3.05, 3.63) is 69.7 Å². The van der Waals surface area contributed by atoms with E-state index in [1.165, 1.54) is 10.9 Å². The van der Waals surface area contributed by atoms with E-state index in [1.807, 2.05) is 0 Å². The highest BCUT2D eigenvalue weighted by Crippen LogP contribution is 2.18. The summed E-state index contributed by atoms with van der Waals surface area (Å²) in [6.45, 7) is 0.0595. The first-order chi connectivity index (χ1) is 10.1. The molecule has 0 bridgehead atoms. The summed E-state index contributed by atoms with van der Waals surface area (Å²) in [4.78, 5) is 16.4. The highest BCUT2D eigenvalue weighted by molar-refractivity contribution is 6.30. The van der Waals surface area contributed by atoms with Crippen molar-refractivity contribution in [3.63, 3.8) is 0 Å². The average molecular weight is 302 g/mol. The van der Waals surface area contributed by atoms with Gasteiger partial charge in [-0.2, -0.15) is 5.10 Å². The maximum atomic E-state index is 12.3. The van der Waals surface area contributed by atoms with Gasteiger partial charge in [-0.3, -0.25) is 9.78 Å². The van der Waals surface area contributed by atoms with Crippen molar-refractivity contribution >= 4 is 22.5 Å². The second-order valence-electron chi connectivity index (χ2n) is 4.64. The zero-order chi connectivity index (χ0) is 14.8. The minimum absolute atomic E-state index is 0.0595. The number of pyridine rings is 1. The van der Waals surface area contributed by atoms with Crippen molar-refractivity contribution in [2.75, 3.05) is 0 Å². The number of nitrogens with zero attached hydrogens (tertiary/aromatic N) is 3. The molecule has 0 fully saturated rings. The SMILES string of the molecule is O=c1c2cccnc2cnn1C[C@@H](O)c1cccc(Cl)c1. The fourth-order valence-corrected chi connectivity index (χ4v) is 2.33. The molecule has 21 heavy (non-hydrogen) atoms. The first kappa shape index (κ1) is 13.7. The zero-order valence-corrected chi connectivity index (χ0v) is 11.7. The molecule has 1 aromatic carbocycles. The van der Waals surface area contributed by atoms with Gasteiger partial charge in [-0.15, -0.1) is 0 Å². The first-order valence-corrected chi connectivity index (χ1v) is 6.77. The van der Waals surface area contributed by atoms with Crippen LogP contribution in [0.3, 0.4) is 0 Å². The second-order valence-corrected chi connectivity index (χ2v) is 5.08. The molecule has 2 heterocycles. The predicted octanol–water partition coefficient (Wildman–Crippen LogP) is 2.18. The number of hydrogen-bond donors (Lipinski definition) is 1. The van der Waals surface area contributed by atoms with Gasteiger partial charge in [-0.1, -0.05) is 23.7 Å². The van der Waals surface area contributed by atoms with E-state index in [2.05, 4.69) is 10.1 Å². The molecule has 0 spiro atoms. The summed E-state index contributed by atoms with van der Waals surface area (Å²) in [5.41, 5.74) is 0.903. The van der Waals surface area contributed by atoms with E-state index >= 15 is 0 Å². The largest absolute Gasteiger partial charge is 0.386 e. The number of fused-ring (bicyclic) bond motifs is 1. The monoisotopic (exact) mass is 301 g/mol. The third-order valence-electron chi connectivity index (χ3n) is 3.20. The molecule has 0 saturated carbocycles. The Hall–Kier alpha value is -2.24. The van der Waals surface area contributed by atoms with Crippen LogP contribution < -0.4 is 5.56 Å². The number of hydrogen-bond acceptors (Lipinski definition) is 4. The predicted molar refractivity (Wildman–Crippen MR) is 80.2 cm³/mol. The van der Waals surface area contributed by atoms with Crippen LogP contribution in [-0.2, 0) is 6.54 Å². The Balaban J connectivity index is 1.95. The van der Waals surface area contributed by atoms with E-state index in [-0.39, 0.29) is 12.1 Å². The number of aromatic nitrogens is 3. The van der Waals surface area contributed by atoms with Gasteiger partial charge in [0.15, 0.2) is 0 Å². The van der Waals surface area contributed by atoms with Gasteiger partial charge in [-0.25, -0.2) is 4.68 Å². The normalized spacial score (nSPS) is 12.5. The molecule has 1 atom stereocenters. The molecule has 0 radical (unpaired) electrons.